The summed E-state index contributed by atoms with van der Waals surface area (Å²) in [5.74, 6) is 1.12. The summed E-state index contributed by atoms with van der Waals surface area (Å²) in [6.45, 7) is 3.99. The van der Waals surface area contributed by atoms with Gasteiger partial charge in [-0.2, -0.15) is 13.2 Å². The number of nitrogens with zero attached hydrogens (tertiary/aromatic N) is 3. The highest BCUT2D eigenvalue weighted by atomic mass is 19.4. The second kappa shape index (κ2) is 6.67. The zero-order valence-electron chi connectivity index (χ0n) is 15.2. The number of nitrogens with one attached hydrogen (secondary N) is 1. The molecule has 0 aliphatic rings. The third-order valence-electron chi connectivity index (χ3n) is 4.61. The van der Waals surface area contributed by atoms with E-state index in [1.54, 1.807) is 16.7 Å². The predicted molar refractivity (Wildman–Crippen MR) is 103 cm³/mol. The van der Waals surface area contributed by atoms with Gasteiger partial charge in [-0.25, -0.2) is 9.97 Å². The second-order valence-corrected chi connectivity index (χ2v) is 6.57. The van der Waals surface area contributed by atoms with E-state index >= 15 is 0 Å². The van der Waals surface area contributed by atoms with Gasteiger partial charge < -0.3 is 5.32 Å². The Hall–Kier alpha value is -3.35. The summed E-state index contributed by atoms with van der Waals surface area (Å²) in [5, 5.41) is 3.41. The largest absolute Gasteiger partial charge is 0.416 e. The van der Waals surface area contributed by atoms with E-state index in [1.807, 2.05) is 38.2 Å². The molecule has 0 saturated carbocycles. The molecule has 0 spiro atoms. The number of hydrogen-bond donors (Lipinski definition) is 1. The lowest BCUT2D eigenvalue weighted by atomic mass is 10.1. The minimum Gasteiger partial charge on any atom is -0.339 e. The van der Waals surface area contributed by atoms with Crippen molar-refractivity contribution in [2.75, 3.05) is 5.32 Å². The predicted octanol–water partition coefficient (Wildman–Crippen LogP) is 5.78. The molecule has 2 heterocycles. The summed E-state index contributed by atoms with van der Waals surface area (Å²) >= 11 is 0. The molecule has 2 aromatic heterocycles. The number of benzene rings is 2. The van der Waals surface area contributed by atoms with Crippen molar-refractivity contribution >= 4 is 17.3 Å². The fourth-order valence-corrected chi connectivity index (χ4v) is 3.16. The zero-order valence-corrected chi connectivity index (χ0v) is 15.2. The molecule has 4 nitrogen and oxygen atoms in total. The van der Waals surface area contributed by atoms with E-state index < -0.39 is 11.7 Å². The summed E-state index contributed by atoms with van der Waals surface area (Å²) in [5.41, 5.74) is 3.46. The lowest BCUT2D eigenvalue weighted by Crippen LogP contribution is -2.04. The monoisotopic (exact) mass is 382 g/mol. The number of para-hydroxylation sites is 1. The van der Waals surface area contributed by atoms with Crippen LogP contribution in [0.25, 0.3) is 17.0 Å². The fraction of sp³-hybridized carbons (Fsp3) is 0.143. The number of aromatic nitrogens is 3. The maximum Gasteiger partial charge on any atom is 0.416 e. The van der Waals surface area contributed by atoms with Gasteiger partial charge in [-0.1, -0.05) is 30.3 Å². The minimum absolute atomic E-state index is 0.464. The first-order valence-corrected chi connectivity index (χ1v) is 8.68. The molecular weight excluding hydrogens is 365 g/mol. The van der Waals surface area contributed by atoms with Crippen LogP contribution in [0.3, 0.4) is 0 Å². The Morgan fingerprint density at radius 3 is 2.25 bits per heavy atom. The summed E-state index contributed by atoms with van der Waals surface area (Å²) < 4.78 is 40.5. The van der Waals surface area contributed by atoms with Crippen molar-refractivity contribution < 1.29 is 13.2 Å². The molecule has 0 saturated heterocycles. The molecule has 0 fully saturated rings. The normalized spacial score (nSPS) is 11.8. The zero-order chi connectivity index (χ0) is 19.9. The molecule has 0 amide bonds. The van der Waals surface area contributed by atoms with E-state index in [2.05, 4.69) is 15.3 Å². The molecule has 0 unspecified atom stereocenters. The van der Waals surface area contributed by atoms with Crippen LogP contribution in [-0.2, 0) is 6.18 Å². The first kappa shape index (κ1) is 18.0. The molecule has 4 rings (SSSR count). The van der Waals surface area contributed by atoms with Gasteiger partial charge in [0.05, 0.1) is 5.56 Å². The lowest BCUT2D eigenvalue weighted by molar-refractivity contribution is -0.137. The first-order valence-electron chi connectivity index (χ1n) is 8.68. The number of aryl methyl sites for hydroxylation is 2. The molecule has 0 bridgehead atoms. The van der Waals surface area contributed by atoms with Crippen LogP contribution in [0, 0.1) is 13.8 Å². The number of hydrogen-bond acceptors (Lipinski definition) is 3. The van der Waals surface area contributed by atoms with Crippen molar-refractivity contribution in [2.24, 2.45) is 0 Å². The quantitative estimate of drug-likeness (QED) is 0.489. The van der Waals surface area contributed by atoms with Crippen LogP contribution in [0.1, 0.15) is 16.7 Å². The number of anilines is 2. The maximum absolute atomic E-state index is 12.9. The average Bonchev–Trinajstić information content (AvgIpc) is 3.03. The molecule has 0 radical (unpaired) electrons. The van der Waals surface area contributed by atoms with E-state index in [0.717, 1.165) is 28.9 Å². The van der Waals surface area contributed by atoms with Crippen molar-refractivity contribution in [3.05, 3.63) is 77.6 Å². The molecule has 28 heavy (non-hydrogen) atoms. The highest BCUT2D eigenvalue weighted by Gasteiger charge is 2.30. The highest BCUT2D eigenvalue weighted by Crippen LogP contribution is 2.35. The van der Waals surface area contributed by atoms with Gasteiger partial charge in [0.15, 0.2) is 0 Å². The molecule has 0 aliphatic carbocycles. The Morgan fingerprint density at radius 2 is 1.61 bits per heavy atom. The topological polar surface area (TPSA) is 42.2 Å². The molecule has 0 aliphatic heterocycles. The van der Waals surface area contributed by atoms with Crippen molar-refractivity contribution in [2.45, 2.75) is 20.0 Å². The fourth-order valence-electron chi connectivity index (χ4n) is 3.16. The molecular formula is C21H17F3N4. The third-order valence-corrected chi connectivity index (χ3v) is 4.61. The van der Waals surface area contributed by atoms with Crippen molar-refractivity contribution in [1.29, 1.82) is 0 Å². The molecule has 0 atom stereocenters. The summed E-state index contributed by atoms with van der Waals surface area (Å²) in [6.07, 6.45) is -0.932. The van der Waals surface area contributed by atoms with Crippen molar-refractivity contribution in [1.82, 2.24) is 14.4 Å². The molecule has 142 valence electrons. The van der Waals surface area contributed by atoms with Crippen LogP contribution in [0.15, 0.2) is 60.9 Å². The minimum atomic E-state index is -4.38. The van der Waals surface area contributed by atoms with Gasteiger partial charge in [0.1, 0.15) is 11.5 Å². The van der Waals surface area contributed by atoms with Crippen LogP contribution in [0.4, 0.5) is 24.7 Å². The Labute approximate surface area is 159 Å². The molecule has 7 heteroatoms. The molecule has 4 aromatic rings. The van der Waals surface area contributed by atoms with E-state index in [0.29, 0.717) is 22.9 Å². The van der Waals surface area contributed by atoms with Crippen LogP contribution in [-0.4, -0.2) is 14.4 Å². The SMILES string of the molecule is Cc1cccc(C)c1Nc1c(-c2ccc(C(F)(F)F)cc2)nc2ncccn12. The second-order valence-electron chi connectivity index (χ2n) is 6.57. The van der Waals surface area contributed by atoms with Crippen LogP contribution >= 0.6 is 0 Å². The smallest absolute Gasteiger partial charge is 0.339 e. The van der Waals surface area contributed by atoms with Gasteiger partial charge in [-0.05, 0) is 43.2 Å². The maximum atomic E-state index is 12.9. The standard InChI is InChI=1S/C21H17F3N4/c1-13-5-3-6-14(2)17(13)26-19-18(27-20-25-11-4-12-28(19)20)15-7-9-16(10-8-15)21(22,23)24/h3-12,26H,1-2H3. The summed E-state index contributed by atoms with van der Waals surface area (Å²) in [6, 6.07) is 12.7. The number of rotatable bonds is 3. The highest BCUT2D eigenvalue weighted by molar-refractivity contribution is 5.80. The first-order chi connectivity index (χ1) is 13.3. The Morgan fingerprint density at radius 1 is 0.929 bits per heavy atom. The van der Waals surface area contributed by atoms with Crippen LogP contribution in [0.2, 0.25) is 0 Å². The van der Waals surface area contributed by atoms with Gasteiger partial charge in [0.2, 0.25) is 5.78 Å². The molecule has 2 aromatic carbocycles. The third kappa shape index (κ3) is 3.19. The van der Waals surface area contributed by atoms with Crippen LogP contribution < -0.4 is 5.32 Å². The summed E-state index contributed by atoms with van der Waals surface area (Å²) in [7, 11) is 0. The van der Waals surface area contributed by atoms with Crippen molar-refractivity contribution in [3.63, 3.8) is 0 Å². The number of fused-ring (bicyclic) bond motifs is 1. The number of alkyl halides is 3. The van der Waals surface area contributed by atoms with Crippen LogP contribution in [0.5, 0.6) is 0 Å². The van der Waals surface area contributed by atoms with Gasteiger partial charge in [-0.3, -0.25) is 4.40 Å². The Balaban J connectivity index is 1.86. The van der Waals surface area contributed by atoms with Gasteiger partial charge in [0.25, 0.3) is 0 Å². The Kier molecular flexibility index (Phi) is 4.30. The van der Waals surface area contributed by atoms with Crippen molar-refractivity contribution in [3.8, 4) is 11.3 Å². The summed E-state index contributed by atoms with van der Waals surface area (Å²) in [4.78, 5) is 8.80. The number of imidazole rings is 1. The van der Waals surface area contributed by atoms with Gasteiger partial charge in [-0.15, -0.1) is 0 Å². The average molecular weight is 382 g/mol. The number of halogens is 3. The Bertz CT molecular complexity index is 1120. The van der Waals surface area contributed by atoms with E-state index in [-0.39, 0.29) is 0 Å². The van der Waals surface area contributed by atoms with E-state index in [1.165, 1.54) is 12.1 Å². The molecule has 1 N–H and O–H groups in total. The van der Waals surface area contributed by atoms with E-state index in [4.69, 9.17) is 0 Å². The van der Waals surface area contributed by atoms with Gasteiger partial charge >= 0.3 is 6.18 Å². The van der Waals surface area contributed by atoms with Gasteiger partial charge in [0, 0.05) is 23.6 Å². The lowest BCUT2D eigenvalue weighted by Gasteiger charge is -2.14. The van der Waals surface area contributed by atoms with E-state index in [9.17, 15) is 13.2 Å².